The average molecular weight is 480 g/mol. The Morgan fingerprint density at radius 3 is 2.34 bits per heavy atom. The number of ether oxygens (including phenoxy) is 1. The first-order valence-corrected chi connectivity index (χ1v) is 14.2. The molecule has 0 spiro atoms. The Bertz CT molecular complexity index is 865. The minimum Gasteiger partial charge on any atom is -0.724 e. The van der Waals surface area contributed by atoms with Crippen molar-refractivity contribution >= 4 is 36.2 Å². The zero-order valence-electron chi connectivity index (χ0n) is 19.4. The summed E-state index contributed by atoms with van der Waals surface area (Å²) in [6, 6.07) is 10.6. The van der Waals surface area contributed by atoms with Gasteiger partial charge in [0.25, 0.3) is 5.91 Å². The number of thiophene rings is 1. The molecule has 1 atom stereocenters. The Morgan fingerprint density at radius 2 is 1.78 bits per heavy atom. The lowest BCUT2D eigenvalue weighted by atomic mass is 10.2. The molecule has 0 saturated carbocycles. The normalized spacial score (nSPS) is 15.8. The highest BCUT2D eigenvalue weighted by Crippen LogP contribution is 2.69. The van der Waals surface area contributed by atoms with Gasteiger partial charge in [-0.15, -0.1) is 11.3 Å². The number of carbonyl (C=O) groups excluding carboxylic acids is 2. The molecule has 1 N–H and O–H groups in total. The molecular formula is C24H34NO5PS. The van der Waals surface area contributed by atoms with Crippen molar-refractivity contribution < 1.29 is 24.5 Å². The van der Waals surface area contributed by atoms with E-state index in [1.54, 1.807) is 0 Å². The number of rotatable bonds is 7. The Morgan fingerprint density at radius 1 is 1.16 bits per heavy atom. The third-order valence-corrected chi connectivity index (χ3v) is 12.4. The van der Waals surface area contributed by atoms with Gasteiger partial charge in [0.15, 0.2) is 0 Å². The largest absolute Gasteiger partial charge is 0.724 e. The summed E-state index contributed by atoms with van der Waals surface area (Å²) in [7, 11) is 0.962. The van der Waals surface area contributed by atoms with Crippen LogP contribution >= 0.6 is 18.6 Å². The van der Waals surface area contributed by atoms with E-state index in [1.807, 2.05) is 18.4 Å². The number of carbonyl (C=O) groups is 2. The first kappa shape index (κ1) is 26.5. The van der Waals surface area contributed by atoms with Gasteiger partial charge >= 0.3 is 5.97 Å². The standard InChI is InChI=1S/C23H30NO3PS.CH4O2/c1-4-19(22(25)24-20-17(2)16-29-21(20)23(26)27-3)28(13-9-6-10-14-28)15-18-11-7-5-8-12-18;1-3-2/h5,7-8,11-12,16,19H,4,6,9-10,13-15H2,1-3H3;2H,1H3. The first-order chi connectivity index (χ1) is 15.4. The van der Waals surface area contributed by atoms with Gasteiger partial charge in [0.05, 0.1) is 31.3 Å². The van der Waals surface area contributed by atoms with Crippen LogP contribution in [-0.2, 0) is 20.6 Å². The lowest BCUT2D eigenvalue weighted by Crippen LogP contribution is -2.34. The quantitative estimate of drug-likeness (QED) is 0.265. The first-order valence-electron chi connectivity index (χ1n) is 10.9. The lowest BCUT2D eigenvalue weighted by molar-refractivity contribution is -0.679. The van der Waals surface area contributed by atoms with Crippen LogP contribution in [0.2, 0.25) is 0 Å². The maximum absolute atomic E-state index is 13.5. The van der Waals surface area contributed by atoms with Crippen LogP contribution in [0.4, 0.5) is 5.69 Å². The maximum atomic E-state index is 13.5. The van der Waals surface area contributed by atoms with Crippen molar-refractivity contribution in [2.24, 2.45) is 0 Å². The SMILES string of the molecule is CCC(C(=O)Nc1c(C)csc1C(=O)OC)[P+]1(Cc2ccccc2)CCCCC1.CO[O-]. The number of hydrogen-bond acceptors (Lipinski definition) is 6. The van der Waals surface area contributed by atoms with E-state index < -0.39 is 13.2 Å². The van der Waals surface area contributed by atoms with E-state index in [0.29, 0.717) is 10.6 Å². The van der Waals surface area contributed by atoms with Gasteiger partial charge in [0.2, 0.25) is 0 Å². The Balaban J connectivity index is 0.00000114. The van der Waals surface area contributed by atoms with E-state index >= 15 is 0 Å². The zero-order chi connectivity index (χ0) is 23.6. The molecule has 1 unspecified atom stereocenters. The van der Waals surface area contributed by atoms with Crippen molar-refractivity contribution in [3.8, 4) is 0 Å². The summed E-state index contributed by atoms with van der Waals surface area (Å²) in [5, 5.41) is 13.5. The van der Waals surface area contributed by atoms with E-state index in [2.05, 4.69) is 41.4 Å². The number of methoxy groups -OCH3 is 1. The molecule has 0 aliphatic carbocycles. The van der Waals surface area contributed by atoms with Crippen molar-refractivity contribution in [2.45, 2.75) is 51.4 Å². The highest BCUT2D eigenvalue weighted by atomic mass is 32.1. The van der Waals surface area contributed by atoms with Crippen LogP contribution < -0.4 is 10.6 Å². The second-order valence-electron chi connectivity index (χ2n) is 8.06. The van der Waals surface area contributed by atoms with Crippen LogP contribution in [0.1, 0.15) is 53.4 Å². The minimum absolute atomic E-state index is 0.0211. The van der Waals surface area contributed by atoms with Gasteiger partial charge in [-0.3, -0.25) is 4.79 Å². The fourth-order valence-electron chi connectivity index (χ4n) is 4.54. The molecule has 2 heterocycles. The molecule has 6 nitrogen and oxygen atoms in total. The van der Waals surface area contributed by atoms with Gasteiger partial charge in [0, 0.05) is 14.4 Å². The molecule has 1 amide bonds. The predicted octanol–water partition coefficient (Wildman–Crippen LogP) is 4.87. The van der Waals surface area contributed by atoms with Gasteiger partial charge in [0.1, 0.15) is 10.5 Å². The average Bonchev–Trinajstić information content (AvgIpc) is 3.15. The van der Waals surface area contributed by atoms with Gasteiger partial charge in [-0.2, -0.15) is 0 Å². The smallest absolute Gasteiger partial charge is 0.350 e. The summed E-state index contributed by atoms with van der Waals surface area (Å²) < 4.78 is 4.90. The van der Waals surface area contributed by atoms with Crippen LogP contribution in [-0.4, -0.2) is 44.1 Å². The van der Waals surface area contributed by atoms with Gasteiger partial charge in [-0.25, -0.2) is 4.79 Å². The van der Waals surface area contributed by atoms with Crippen LogP contribution in [0.15, 0.2) is 35.7 Å². The number of amides is 1. The molecule has 3 rings (SSSR count). The fraction of sp³-hybridized carbons (Fsp3) is 0.500. The van der Waals surface area contributed by atoms with Crippen molar-refractivity contribution in [3.05, 3.63) is 51.7 Å². The number of benzene rings is 1. The third-order valence-electron chi connectivity index (χ3n) is 5.99. The summed E-state index contributed by atoms with van der Waals surface area (Å²) in [5.74, 6) is -0.316. The summed E-state index contributed by atoms with van der Waals surface area (Å²) in [4.78, 5) is 29.1. The Labute approximate surface area is 195 Å². The van der Waals surface area contributed by atoms with Crippen molar-refractivity contribution in [1.82, 2.24) is 0 Å². The topological polar surface area (TPSA) is 87.7 Å². The highest BCUT2D eigenvalue weighted by Gasteiger charge is 2.49. The molecule has 1 saturated heterocycles. The minimum atomic E-state index is -1.48. The van der Waals surface area contributed by atoms with Crippen LogP contribution in [0, 0.1) is 6.92 Å². The van der Waals surface area contributed by atoms with Gasteiger partial charge in [-0.1, -0.05) is 37.3 Å². The van der Waals surface area contributed by atoms with E-state index in [-0.39, 0.29) is 11.6 Å². The van der Waals surface area contributed by atoms with Crippen LogP contribution in [0.5, 0.6) is 0 Å². The molecule has 0 bridgehead atoms. The van der Waals surface area contributed by atoms with Crippen molar-refractivity contribution in [2.75, 3.05) is 31.9 Å². The van der Waals surface area contributed by atoms with E-state index in [4.69, 9.17) is 9.99 Å². The molecule has 176 valence electrons. The molecule has 1 aromatic heterocycles. The maximum Gasteiger partial charge on any atom is 0.350 e. The number of anilines is 1. The van der Waals surface area contributed by atoms with E-state index in [9.17, 15) is 9.59 Å². The monoisotopic (exact) mass is 479 g/mol. The van der Waals surface area contributed by atoms with E-state index in [1.165, 1.54) is 55.6 Å². The van der Waals surface area contributed by atoms with Gasteiger partial charge in [-0.05, 0) is 49.1 Å². The Kier molecular flexibility index (Phi) is 10.8. The molecule has 32 heavy (non-hydrogen) atoms. The van der Waals surface area contributed by atoms with E-state index in [0.717, 1.165) is 25.3 Å². The Hall–Kier alpha value is -1.79. The summed E-state index contributed by atoms with van der Waals surface area (Å²) in [5.41, 5.74) is 2.90. The fourth-order valence-corrected chi connectivity index (χ4v) is 10.8. The second kappa shape index (κ2) is 13.0. The molecule has 1 aromatic carbocycles. The molecule has 0 radical (unpaired) electrons. The van der Waals surface area contributed by atoms with Crippen LogP contribution in [0.25, 0.3) is 0 Å². The highest BCUT2D eigenvalue weighted by molar-refractivity contribution is 7.76. The second-order valence-corrected chi connectivity index (χ2v) is 13.2. The summed E-state index contributed by atoms with van der Waals surface area (Å²) >= 11 is 1.33. The summed E-state index contributed by atoms with van der Waals surface area (Å²) in [6.07, 6.45) is 7.94. The molecule has 1 fully saturated rings. The number of nitrogens with one attached hydrogen (secondary N) is 1. The molecule has 2 aromatic rings. The number of esters is 1. The predicted molar refractivity (Wildman–Crippen MR) is 131 cm³/mol. The third kappa shape index (κ3) is 6.61. The summed E-state index contributed by atoms with van der Waals surface area (Å²) in [6.45, 7) is 4.06. The van der Waals surface area contributed by atoms with Crippen LogP contribution in [0.3, 0.4) is 0 Å². The number of hydrogen-bond donors (Lipinski definition) is 1. The number of aryl methyl sites for hydroxylation is 1. The van der Waals surface area contributed by atoms with Crippen molar-refractivity contribution in [3.63, 3.8) is 0 Å². The van der Waals surface area contributed by atoms with Gasteiger partial charge < -0.3 is 20.2 Å². The molecule has 8 heteroatoms. The van der Waals surface area contributed by atoms with Crippen molar-refractivity contribution in [1.29, 1.82) is 0 Å². The zero-order valence-corrected chi connectivity index (χ0v) is 21.1. The molecular weight excluding hydrogens is 445 g/mol. The molecule has 1 aliphatic rings. The lowest BCUT2D eigenvalue weighted by Gasteiger charge is -2.36. The molecule has 1 aliphatic heterocycles.